The molecule has 0 aromatic heterocycles. The van der Waals surface area contributed by atoms with Crippen LogP contribution in [0.3, 0.4) is 0 Å². The molecule has 0 aliphatic rings. The van der Waals surface area contributed by atoms with E-state index in [1.54, 1.807) is 13.2 Å². The Morgan fingerprint density at radius 1 is 0.903 bits per heavy atom. The zero-order valence-corrected chi connectivity index (χ0v) is 18.6. The molecule has 5 heteroatoms. The van der Waals surface area contributed by atoms with Crippen molar-refractivity contribution < 1.29 is 14.6 Å². The van der Waals surface area contributed by atoms with Crippen molar-refractivity contribution in [3.63, 3.8) is 0 Å². The maximum absolute atomic E-state index is 9.82. The van der Waals surface area contributed by atoms with Crippen molar-refractivity contribution in [3.8, 4) is 11.5 Å². The van der Waals surface area contributed by atoms with Gasteiger partial charge < -0.3 is 19.9 Å². The molecule has 3 aromatic rings. The van der Waals surface area contributed by atoms with Gasteiger partial charge in [-0.05, 0) is 60.3 Å². The smallest absolute Gasteiger partial charge is 0.256 e. The van der Waals surface area contributed by atoms with Crippen molar-refractivity contribution in [2.75, 3.05) is 13.7 Å². The Balaban J connectivity index is 1.57. The van der Waals surface area contributed by atoms with Gasteiger partial charge in [-0.3, -0.25) is 0 Å². The number of phenolic OH excluding ortho intramolecular Hbond substituents is 1. The Labute approximate surface area is 189 Å². The van der Waals surface area contributed by atoms with Gasteiger partial charge in [0.1, 0.15) is 6.10 Å². The number of thiocarbonyl (C=S) groups is 1. The largest absolute Gasteiger partial charge is 0.504 e. The molecular formula is C26H29NO3S. The van der Waals surface area contributed by atoms with Crippen molar-refractivity contribution in [1.29, 1.82) is 0 Å². The van der Waals surface area contributed by atoms with E-state index in [9.17, 15) is 5.11 Å². The first-order valence-corrected chi connectivity index (χ1v) is 10.9. The fourth-order valence-electron chi connectivity index (χ4n) is 3.43. The van der Waals surface area contributed by atoms with Crippen LogP contribution >= 0.6 is 12.2 Å². The standard InChI is InChI=1S/C26H29NO3S/c1-29-25-19-22(13-15-24(25)28)12-14-23(18-21-10-6-3-7-11-21)30-26(31)27-17-16-20-8-4-2-5-9-20/h2-11,13,15,19,23,28H,12,14,16-18H2,1H3,(H,27,31). The quantitative estimate of drug-likeness (QED) is 0.435. The van der Waals surface area contributed by atoms with Gasteiger partial charge in [-0.2, -0.15) is 0 Å². The molecule has 0 heterocycles. The van der Waals surface area contributed by atoms with Gasteiger partial charge in [0.15, 0.2) is 11.5 Å². The number of benzene rings is 3. The van der Waals surface area contributed by atoms with Gasteiger partial charge in [-0.25, -0.2) is 0 Å². The van der Waals surface area contributed by atoms with Crippen LogP contribution in [-0.4, -0.2) is 30.0 Å². The van der Waals surface area contributed by atoms with E-state index >= 15 is 0 Å². The lowest BCUT2D eigenvalue weighted by Gasteiger charge is -2.21. The third-order valence-corrected chi connectivity index (χ3v) is 5.35. The number of ether oxygens (including phenoxy) is 2. The van der Waals surface area contributed by atoms with Gasteiger partial charge >= 0.3 is 0 Å². The molecule has 0 saturated carbocycles. The lowest BCUT2D eigenvalue weighted by Crippen LogP contribution is -2.31. The fourth-order valence-corrected chi connectivity index (χ4v) is 3.67. The summed E-state index contributed by atoms with van der Waals surface area (Å²) in [5.41, 5.74) is 3.56. The molecule has 31 heavy (non-hydrogen) atoms. The topological polar surface area (TPSA) is 50.7 Å². The number of phenols is 1. The molecule has 0 aliphatic heterocycles. The van der Waals surface area contributed by atoms with Crippen LogP contribution in [0.2, 0.25) is 0 Å². The number of nitrogens with one attached hydrogen (secondary N) is 1. The van der Waals surface area contributed by atoms with E-state index in [1.165, 1.54) is 11.1 Å². The Morgan fingerprint density at radius 2 is 1.58 bits per heavy atom. The van der Waals surface area contributed by atoms with E-state index in [0.717, 1.165) is 37.8 Å². The fraction of sp³-hybridized carbons (Fsp3) is 0.269. The van der Waals surface area contributed by atoms with Crippen LogP contribution in [0.15, 0.2) is 78.9 Å². The van der Waals surface area contributed by atoms with E-state index in [-0.39, 0.29) is 11.9 Å². The van der Waals surface area contributed by atoms with Gasteiger partial charge in [0.2, 0.25) is 0 Å². The van der Waals surface area contributed by atoms with E-state index < -0.39 is 0 Å². The molecule has 162 valence electrons. The monoisotopic (exact) mass is 435 g/mol. The van der Waals surface area contributed by atoms with Crippen LogP contribution in [0.5, 0.6) is 11.5 Å². The summed E-state index contributed by atoms with van der Waals surface area (Å²) in [6.07, 6.45) is 3.20. The van der Waals surface area contributed by atoms with Gasteiger partial charge in [0.05, 0.1) is 7.11 Å². The summed E-state index contributed by atoms with van der Waals surface area (Å²) in [5, 5.41) is 13.5. The molecule has 3 aromatic carbocycles. The summed E-state index contributed by atoms with van der Waals surface area (Å²) in [5.74, 6) is 0.628. The number of rotatable bonds is 10. The highest BCUT2D eigenvalue weighted by Crippen LogP contribution is 2.27. The van der Waals surface area contributed by atoms with E-state index in [2.05, 4.69) is 29.6 Å². The third kappa shape index (κ3) is 7.61. The second-order valence-electron chi connectivity index (χ2n) is 7.42. The molecule has 0 aliphatic carbocycles. The average Bonchev–Trinajstić information content (AvgIpc) is 2.79. The maximum Gasteiger partial charge on any atom is 0.256 e. The molecule has 1 unspecified atom stereocenters. The number of aryl methyl sites for hydroxylation is 1. The van der Waals surface area contributed by atoms with Crippen molar-refractivity contribution in [2.24, 2.45) is 0 Å². The molecule has 0 radical (unpaired) electrons. The molecule has 0 saturated heterocycles. The first-order valence-electron chi connectivity index (χ1n) is 10.5. The molecular weight excluding hydrogens is 406 g/mol. The Bertz CT molecular complexity index is 947. The minimum absolute atomic E-state index is 0.0566. The van der Waals surface area contributed by atoms with E-state index in [1.807, 2.05) is 48.5 Å². The molecule has 0 bridgehead atoms. The van der Waals surface area contributed by atoms with Crippen molar-refractivity contribution in [3.05, 3.63) is 95.6 Å². The van der Waals surface area contributed by atoms with Crippen LogP contribution < -0.4 is 10.1 Å². The SMILES string of the molecule is COc1cc(CCC(Cc2ccccc2)OC(=S)NCCc2ccccc2)ccc1O. The molecule has 0 fully saturated rings. The first-order chi connectivity index (χ1) is 15.1. The van der Waals surface area contributed by atoms with Crippen molar-refractivity contribution in [1.82, 2.24) is 5.32 Å². The highest BCUT2D eigenvalue weighted by atomic mass is 32.1. The van der Waals surface area contributed by atoms with E-state index in [4.69, 9.17) is 21.7 Å². The molecule has 3 rings (SSSR count). The van der Waals surface area contributed by atoms with Crippen molar-refractivity contribution in [2.45, 2.75) is 31.8 Å². The summed E-state index contributed by atoms with van der Waals surface area (Å²) in [4.78, 5) is 0. The Kier molecular flexibility index (Phi) is 8.73. The second-order valence-corrected chi connectivity index (χ2v) is 7.80. The van der Waals surface area contributed by atoms with Crippen LogP contribution in [0.4, 0.5) is 0 Å². The molecule has 1 atom stereocenters. The van der Waals surface area contributed by atoms with Crippen LogP contribution in [-0.2, 0) is 24.0 Å². The Morgan fingerprint density at radius 3 is 2.26 bits per heavy atom. The molecule has 0 spiro atoms. The maximum atomic E-state index is 9.82. The number of hydrogen-bond acceptors (Lipinski definition) is 4. The lowest BCUT2D eigenvalue weighted by molar-refractivity contribution is 0.175. The second kappa shape index (κ2) is 12.0. The summed E-state index contributed by atoms with van der Waals surface area (Å²) in [6.45, 7) is 0.732. The lowest BCUT2D eigenvalue weighted by atomic mass is 10.0. The van der Waals surface area contributed by atoms with Crippen LogP contribution in [0, 0.1) is 0 Å². The highest BCUT2D eigenvalue weighted by Gasteiger charge is 2.14. The van der Waals surface area contributed by atoms with Gasteiger partial charge in [-0.1, -0.05) is 66.7 Å². The van der Waals surface area contributed by atoms with Crippen LogP contribution in [0.1, 0.15) is 23.1 Å². The third-order valence-electron chi connectivity index (χ3n) is 5.10. The summed E-state index contributed by atoms with van der Waals surface area (Å²) >= 11 is 5.46. The first kappa shape index (κ1) is 22.6. The molecule has 2 N–H and O–H groups in total. The number of methoxy groups -OCH3 is 1. The Hall–Kier alpha value is -3.05. The van der Waals surface area contributed by atoms with Gasteiger partial charge in [-0.15, -0.1) is 0 Å². The predicted octanol–water partition coefficient (Wildman–Crippen LogP) is 5.08. The summed E-state index contributed by atoms with van der Waals surface area (Å²) < 4.78 is 11.4. The van der Waals surface area contributed by atoms with Gasteiger partial charge in [0, 0.05) is 13.0 Å². The number of hydrogen-bond donors (Lipinski definition) is 2. The molecule has 4 nitrogen and oxygen atoms in total. The summed E-state index contributed by atoms with van der Waals surface area (Å²) in [6, 6.07) is 26.0. The summed E-state index contributed by atoms with van der Waals surface area (Å²) in [7, 11) is 1.56. The van der Waals surface area contributed by atoms with Crippen LogP contribution in [0.25, 0.3) is 0 Å². The zero-order chi connectivity index (χ0) is 21.9. The number of aromatic hydroxyl groups is 1. The van der Waals surface area contributed by atoms with Crippen molar-refractivity contribution >= 4 is 17.4 Å². The minimum Gasteiger partial charge on any atom is -0.504 e. The molecule has 0 amide bonds. The zero-order valence-electron chi connectivity index (χ0n) is 17.8. The highest BCUT2D eigenvalue weighted by molar-refractivity contribution is 7.80. The normalized spacial score (nSPS) is 11.5. The average molecular weight is 436 g/mol. The predicted molar refractivity (Wildman–Crippen MR) is 129 cm³/mol. The minimum atomic E-state index is -0.0566. The van der Waals surface area contributed by atoms with Gasteiger partial charge in [0.25, 0.3) is 5.17 Å². The van der Waals surface area contributed by atoms with E-state index in [0.29, 0.717) is 10.9 Å².